The van der Waals surface area contributed by atoms with Gasteiger partial charge < -0.3 is 15.8 Å². The molecule has 2 atom stereocenters. The Hall–Kier alpha value is -3.17. The van der Waals surface area contributed by atoms with Gasteiger partial charge >= 0.3 is 0 Å². The van der Waals surface area contributed by atoms with Crippen LogP contribution in [0.5, 0.6) is 5.75 Å². The third-order valence-electron chi connectivity index (χ3n) is 5.03. The predicted octanol–water partition coefficient (Wildman–Crippen LogP) is 3.82. The molecule has 0 saturated heterocycles. The summed E-state index contributed by atoms with van der Waals surface area (Å²) in [6, 6.07) is 5.87. The van der Waals surface area contributed by atoms with Crippen LogP contribution in [-0.4, -0.2) is 35.4 Å². The number of methoxy groups -OCH3 is 1. The SMILES string of the molecule is [2H]COc1ccc(C(=O)Nc2ccc(F)c([C@@]3(C)N=C(N)[C@](C)(F)CC3(F)F)c2)nc1. The zero-order valence-corrected chi connectivity index (χ0v) is 16.2. The Morgan fingerprint density at radius 2 is 2.00 bits per heavy atom. The lowest BCUT2D eigenvalue weighted by atomic mass is 9.77. The zero-order chi connectivity index (χ0) is 23.0. The molecule has 2 aromatic rings. The van der Waals surface area contributed by atoms with Crippen molar-refractivity contribution in [3.63, 3.8) is 0 Å². The Balaban J connectivity index is 1.93. The number of aliphatic imine (C=N–C) groups is 1. The van der Waals surface area contributed by atoms with Gasteiger partial charge in [-0.1, -0.05) is 0 Å². The summed E-state index contributed by atoms with van der Waals surface area (Å²) in [5.41, 5.74) is -0.0147. The topological polar surface area (TPSA) is 89.6 Å². The molecule has 0 saturated carbocycles. The number of amides is 1. The predicted molar refractivity (Wildman–Crippen MR) is 103 cm³/mol. The Morgan fingerprint density at radius 3 is 2.63 bits per heavy atom. The van der Waals surface area contributed by atoms with Gasteiger partial charge in [-0.3, -0.25) is 9.79 Å². The first kappa shape index (κ1) is 20.1. The Morgan fingerprint density at radius 1 is 1.27 bits per heavy atom. The second kappa shape index (κ2) is 7.26. The summed E-state index contributed by atoms with van der Waals surface area (Å²) in [4.78, 5) is 19.9. The number of hydrogen-bond acceptors (Lipinski definition) is 5. The first-order valence-corrected chi connectivity index (χ1v) is 8.82. The van der Waals surface area contributed by atoms with Crippen molar-refractivity contribution in [2.24, 2.45) is 10.7 Å². The molecule has 0 spiro atoms. The number of carbonyl (C=O) groups excluding carboxylic acids is 1. The fraction of sp³-hybridized carbons (Fsp3) is 0.350. The maximum absolute atomic E-state index is 14.9. The number of ether oxygens (including phenoxy) is 1. The zero-order valence-electron chi connectivity index (χ0n) is 17.2. The number of amidine groups is 1. The van der Waals surface area contributed by atoms with Crippen LogP contribution in [0.25, 0.3) is 0 Å². The molecule has 1 amide bonds. The fourth-order valence-electron chi connectivity index (χ4n) is 3.15. The van der Waals surface area contributed by atoms with Crippen LogP contribution in [0.15, 0.2) is 41.5 Å². The molecule has 1 aliphatic heterocycles. The lowest BCUT2D eigenvalue weighted by Gasteiger charge is -2.42. The number of pyridine rings is 1. The van der Waals surface area contributed by atoms with Gasteiger partial charge in [-0.15, -0.1) is 0 Å². The van der Waals surface area contributed by atoms with Crippen LogP contribution in [0.1, 0.15) is 37.7 Å². The Bertz CT molecular complexity index is 1030. The number of rotatable bonds is 4. The standard InChI is InChI=1S/C20H20F4N4O2/c1-18(22)10-20(23,24)19(2,28-17(18)25)13-8-11(4-6-14(13)21)27-16(29)15-7-5-12(30-3)9-26-15/h4-9H,10H2,1-3H3,(H2,25,28)(H,27,29)/t18-,19-/m1/s1/i3D. The van der Waals surface area contributed by atoms with Crippen molar-refractivity contribution in [1.29, 1.82) is 0 Å². The summed E-state index contributed by atoms with van der Waals surface area (Å²) < 4.78 is 70.5. The number of halogens is 4. The minimum atomic E-state index is -3.75. The summed E-state index contributed by atoms with van der Waals surface area (Å²) in [7, 11) is -0.316. The molecule has 1 aromatic heterocycles. The summed E-state index contributed by atoms with van der Waals surface area (Å²) >= 11 is 0. The molecule has 0 radical (unpaired) electrons. The summed E-state index contributed by atoms with van der Waals surface area (Å²) in [6.45, 7) is 1.85. The van der Waals surface area contributed by atoms with Crippen LogP contribution in [0.3, 0.4) is 0 Å². The van der Waals surface area contributed by atoms with Crippen molar-refractivity contribution in [2.45, 2.75) is 37.4 Å². The van der Waals surface area contributed by atoms with Gasteiger partial charge in [0.2, 0.25) is 0 Å². The van der Waals surface area contributed by atoms with E-state index in [9.17, 15) is 22.4 Å². The van der Waals surface area contributed by atoms with Crippen molar-refractivity contribution in [2.75, 3.05) is 12.4 Å². The van der Waals surface area contributed by atoms with Gasteiger partial charge in [-0.05, 0) is 44.2 Å². The van der Waals surface area contributed by atoms with E-state index < -0.39 is 46.7 Å². The monoisotopic (exact) mass is 425 g/mol. The highest BCUT2D eigenvalue weighted by Gasteiger charge is 2.60. The van der Waals surface area contributed by atoms with Crippen LogP contribution in [0, 0.1) is 5.82 Å². The van der Waals surface area contributed by atoms with E-state index in [1.54, 1.807) is 0 Å². The number of aromatic nitrogens is 1. The van der Waals surface area contributed by atoms with Gasteiger partial charge in [0.1, 0.15) is 23.1 Å². The number of nitrogens with zero attached hydrogens (tertiary/aromatic N) is 2. The molecular weight excluding hydrogens is 404 g/mol. The highest BCUT2D eigenvalue weighted by Crippen LogP contribution is 2.50. The number of anilines is 1. The minimum absolute atomic E-state index is 0.00839. The maximum Gasteiger partial charge on any atom is 0.280 e. The van der Waals surface area contributed by atoms with Crippen molar-refractivity contribution in [1.82, 2.24) is 4.98 Å². The van der Waals surface area contributed by atoms with Crippen LogP contribution in [-0.2, 0) is 5.54 Å². The summed E-state index contributed by atoms with van der Waals surface area (Å²) in [5, 5.41) is 2.44. The summed E-state index contributed by atoms with van der Waals surface area (Å²) in [5.74, 6) is -5.81. The van der Waals surface area contributed by atoms with Crippen LogP contribution in [0.2, 0.25) is 0 Å². The van der Waals surface area contributed by atoms with Gasteiger partial charge in [0, 0.05) is 11.3 Å². The second-order valence-electron chi connectivity index (χ2n) is 7.32. The molecule has 1 aromatic carbocycles. The van der Waals surface area contributed by atoms with Gasteiger partial charge in [-0.2, -0.15) is 0 Å². The van der Waals surface area contributed by atoms with Gasteiger partial charge in [0.15, 0.2) is 11.2 Å². The average molecular weight is 425 g/mol. The molecule has 6 nitrogen and oxygen atoms in total. The molecule has 160 valence electrons. The van der Waals surface area contributed by atoms with E-state index in [1.807, 2.05) is 0 Å². The van der Waals surface area contributed by atoms with Gasteiger partial charge in [0.05, 0.1) is 21.1 Å². The van der Waals surface area contributed by atoms with E-state index in [0.717, 1.165) is 26.0 Å². The molecule has 0 fully saturated rings. The smallest absolute Gasteiger partial charge is 0.280 e. The highest BCUT2D eigenvalue weighted by atomic mass is 19.3. The Labute approximate surface area is 171 Å². The molecule has 10 heteroatoms. The first-order valence-electron chi connectivity index (χ1n) is 9.52. The quantitative estimate of drug-likeness (QED) is 0.729. The van der Waals surface area contributed by atoms with E-state index >= 15 is 0 Å². The average Bonchev–Trinajstić information content (AvgIpc) is 2.68. The van der Waals surface area contributed by atoms with E-state index in [4.69, 9.17) is 11.8 Å². The number of hydrogen-bond donors (Lipinski definition) is 2. The molecule has 2 heterocycles. The lowest BCUT2D eigenvalue weighted by Crippen LogP contribution is -2.56. The maximum atomic E-state index is 14.9. The van der Waals surface area contributed by atoms with E-state index in [-0.39, 0.29) is 18.5 Å². The largest absolute Gasteiger partial charge is 0.495 e. The number of nitrogens with one attached hydrogen (secondary N) is 1. The van der Waals surface area contributed by atoms with Gasteiger partial charge in [-0.25, -0.2) is 22.5 Å². The minimum Gasteiger partial charge on any atom is -0.495 e. The third kappa shape index (κ3) is 3.69. The second-order valence-corrected chi connectivity index (χ2v) is 7.32. The summed E-state index contributed by atoms with van der Waals surface area (Å²) in [6.07, 6.45) is -0.0207. The molecule has 0 aliphatic carbocycles. The number of nitrogens with two attached hydrogens (primary N) is 1. The number of alkyl halides is 3. The van der Waals surface area contributed by atoms with Crippen LogP contribution in [0.4, 0.5) is 23.2 Å². The molecule has 3 N–H and O–H groups in total. The number of carbonyl (C=O) groups is 1. The normalized spacial score (nSPS) is 25.8. The molecule has 1 aliphatic rings. The van der Waals surface area contributed by atoms with E-state index in [1.165, 1.54) is 24.4 Å². The lowest BCUT2D eigenvalue weighted by molar-refractivity contribution is -0.106. The number of benzene rings is 1. The van der Waals surface area contributed by atoms with Crippen molar-refractivity contribution in [3.05, 3.63) is 53.6 Å². The van der Waals surface area contributed by atoms with Crippen molar-refractivity contribution >= 4 is 17.4 Å². The van der Waals surface area contributed by atoms with E-state index in [2.05, 4.69) is 15.3 Å². The third-order valence-corrected chi connectivity index (χ3v) is 5.03. The first-order chi connectivity index (χ1) is 14.4. The molecule has 0 unspecified atom stereocenters. The molecular formula is C20H20F4N4O2. The Kier molecular flexibility index (Phi) is 4.87. The van der Waals surface area contributed by atoms with Crippen molar-refractivity contribution < 1.29 is 28.5 Å². The molecule has 3 rings (SSSR count). The molecule has 0 bridgehead atoms. The molecule has 30 heavy (non-hydrogen) atoms. The fourth-order valence-corrected chi connectivity index (χ4v) is 3.15. The van der Waals surface area contributed by atoms with E-state index in [0.29, 0.717) is 5.75 Å². The van der Waals surface area contributed by atoms with Crippen molar-refractivity contribution in [3.8, 4) is 5.75 Å². The van der Waals surface area contributed by atoms with Crippen LogP contribution < -0.4 is 15.8 Å². The van der Waals surface area contributed by atoms with Crippen LogP contribution >= 0.6 is 0 Å². The highest BCUT2D eigenvalue weighted by molar-refractivity contribution is 6.03. The van der Waals surface area contributed by atoms with Gasteiger partial charge in [0.25, 0.3) is 11.8 Å².